The van der Waals surface area contributed by atoms with Gasteiger partial charge in [0.25, 0.3) is 0 Å². The van der Waals surface area contributed by atoms with Crippen LogP contribution in [0.2, 0.25) is 0 Å². The summed E-state index contributed by atoms with van der Waals surface area (Å²) < 4.78 is 11.0. The molecule has 1 aromatic heterocycles. The number of carbonyl (C=O) groups excluding carboxylic acids is 2. The number of ether oxygens (including phenoxy) is 2. The zero-order valence-electron chi connectivity index (χ0n) is 14.1. The van der Waals surface area contributed by atoms with Gasteiger partial charge in [0.1, 0.15) is 11.5 Å². The average molecular weight is 338 g/mol. The Bertz CT molecular complexity index is 827. The second-order valence-corrected chi connectivity index (χ2v) is 5.42. The highest BCUT2D eigenvalue weighted by atomic mass is 16.6. The van der Waals surface area contributed by atoms with Crippen LogP contribution in [-0.2, 0) is 0 Å². The van der Waals surface area contributed by atoms with Crippen molar-refractivity contribution in [3.05, 3.63) is 59.6 Å². The van der Waals surface area contributed by atoms with E-state index in [2.05, 4.69) is 4.98 Å². The van der Waals surface area contributed by atoms with Crippen LogP contribution in [0, 0.1) is 0 Å². The fourth-order valence-electron chi connectivity index (χ4n) is 2.49. The Kier molecular flexibility index (Phi) is 4.79. The third-order valence-electron chi connectivity index (χ3n) is 3.87. The highest BCUT2D eigenvalue weighted by molar-refractivity contribution is 6.14. The minimum absolute atomic E-state index is 0.201. The van der Waals surface area contributed by atoms with Crippen LogP contribution in [0.4, 0.5) is 4.79 Å². The van der Waals surface area contributed by atoms with Crippen LogP contribution in [0.15, 0.2) is 48.5 Å². The molecule has 1 aromatic carbocycles. The minimum Gasteiger partial charge on any atom is -0.452 e. The van der Waals surface area contributed by atoms with E-state index in [1.807, 2.05) is 13.8 Å². The predicted molar refractivity (Wildman–Crippen MR) is 92.6 cm³/mol. The van der Waals surface area contributed by atoms with Gasteiger partial charge in [0.15, 0.2) is 5.76 Å². The highest BCUT2D eigenvalue weighted by Crippen LogP contribution is 2.35. The summed E-state index contributed by atoms with van der Waals surface area (Å²) >= 11 is 0. The molecule has 0 spiro atoms. The summed E-state index contributed by atoms with van der Waals surface area (Å²) in [6.45, 7) is 4.89. The van der Waals surface area contributed by atoms with Crippen LogP contribution in [0.25, 0.3) is 6.08 Å². The third-order valence-corrected chi connectivity index (χ3v) is 3.87. The van der Waals surface area contributed by atoms with Gasteiger partial charge < -0.3 is 14.4 Å². The molecule has 2 heterocycles. The second kappa shape index (κ2) is 7.17. The number of allylic oxidation sites excluding steroid dienone is 1. The van der Waals surface area contributed by atoms with Crippen LogP contribution >= 0.6 is 0 Å². The molecule has 0 fully saturated rings. The second-order valence-electron chi connectivity index (χ2n) is 5.42. The molecule has 3 rings (SSSR count). The van der Waals surface area contributed by atoms with Gasteiger partial charge in [-0.1, -0.05) is 0 Å². The van der Waals surface area contributed by atoms with E-state index in [9.17, 15) is 9.59 Å². The number of ketones is 1. The van der Waals surface area contributed by atoms with Crippen molar-refractivity contribution >= 4 is 18.0 Å². The first kappa shape index (κ1) is 16.7. The normalized spacial score (nSPS) is 14.2. The predicted octanol–water partition coefficient (Wildman–Crippen LogP) is 3.54. The summed E-state index contributed by atoms with van der Waals surface area (Å²) in [5, 5.41) is 0. The summed E-state index contributed by atoms with van der Waals surface area (Å²) in [5.41, 5.74) is 1.27. The van der Waals surface area contributed by atoms with Crippen molar-refractivity contribution in [2.75, 3.05) is 13.1 Å². The van der Waals surface area contributed by atoms with Crippen molar-refractivity contribution in [3.8, 4) is 11.5 Å². The molecule has 1 aliphatic heterocycles. The molecule has 0 unspecified atom stereocenters. The maximum atomic E-state index is 12.4. The van der Waals surface area contributed by atoms with Crippen LogP contribution < -0.4 is 9.47 Å². The molecule has 1 aliphatic rings. The Labute approximate surface area is 145 Å². The van der Waals surface area contributed by atoms with E-state index in [4.69, 9.17) is 9.47 Å². The molecule has 0 saturated carbocycles. The largest absolute Gasteiger partial charge is 0.452 e. The standard InChI is InChI=1S/C19H18N2O4/c1-3-21(4-2)19(23)24-14-5-6-15-16(12-14)25-17(18(15)22)11-13-7-9-20-10-8-13/h5-12H,3-4H2,1-2H3. The smallest absolute Gasteiger partial charge is 0.415 e. The molecule has 0 aliphatic carbocycles. The van der Waals surface area contributed by atoms with Gasteiger partial charge in [-0.15, -0.1) is 0 Å². The molecular weight excluding hydrogens is 320 g/mol. The van der Waals surface area contributed by atoms with Crippen molar-refractivity contribution in [2.24, 2.45) is 0 Å². The Morgan fingerprint density at radius 1 is 1.20 bits per heavy atom. The Morgan fingerprint density at radius 2 is 1.92 bits per heavy atom. The highest BCUT2D eigenvalue weighted by Gasteiger charge is 2.28. The zero-order chi connectivity index (χ0) is 17.8. The fraction of sp³-hybridized carbons (Fsp3) is 0.211. The number of amides is 1. The summed E-state index contributed by atoms with van der Waals surface area (Å²) in [6.07, 6.45) is 4.51. The molecule has 0 radical (unpaired) electrons. The van der Waals surface area contributed by atoms with Crippen molar-refractivity contribution < 1.29 is 19.1 Å². The summed E-state index contributed by atoms with van der Waals surface area (Å²) in [6, 6.07) is 8.32. The minimum atomic E-state index is -0.429. The lowest BCUT2D eigenvalue weighted by Gasteiger charge is -2.17. The van der Waals surface area contributed by atoms with Crippen LogP contribution in [-0.4, -0.2) is 34.8 Å². The first-order valence-corrected chi connectivity index (χ1v) is 8.07. The molecule has 0 atom stereocenters. The van der Waals surface area contributed by atoms with Gasteiger partial charge in [-0.25, -0.2) is 4.79 Å². The number of hydrogen-bond acceptors (Lipinski definition) is 5. The lowest BCUT2D eigenvalue weighted by atomic mass is 10.1. The van der Waals surface area contributed by atoms with E-state index in [0.717, 1.165) is 5.56 Å². The van der Waals surface area contributed by atoms with Gasteiger partial charge in [-0.3, -0.25) is 9.78 Å². The number of Topliss-reactive ketones (excluding diaryl/α,β-unsaturated/α-hetero) is 1. The molecule has 1 amide bonds. The topological polar surface area (TPSA) is 68.7 Å². The molecule has 128 valence electrons. The number of benzene rings is 1. The van der Waals surface area contributed by atoms with Crippen LogP contribution in [0.1, 0.15) is 29.8 Å². The van der Waals surface area contributed by atoms with Crippen molar-refractivity contribution in [1.29, 1.82) is 0 Å². The number of rotatable bonds is 4. The quantitative estimate of drug-likeness (QED) is 0.798. The SMILES string of the molecule is CCN(CC)C(=O)Oc1ccc2c(c1)OC(=Cc1ccncc1)C2=O. The first-order chi connectivity index (χ1) is 12.1. The van der Waals surface area contributed by atoms with Gasteiger partial charge in [-0.2, -0.15) is 0 Å². The molecule has 6 nitrogen and oxygen atoms in total. The Morgan fingerprint density at radius 3 is 2.60 bits per heavy atom. The monoisotopic (exact) mass is 338 g/mol. The van der Waals surface area contributed by atoms with Crippen molar-refractivity contribution in [3.63, 3.8) is 0 Å². The van der Waals surface area contributed by atoms with E-state index >= 15 is 0 Å². The molecule has 2 aromatic rings. The van der Waals surface area contributed by atoms with Gasteiger partial charge in [0.2, 0.25) is 5.78 Å². The molecule has 0 N–H and O–H groups in total. The van der Waals surface area contributed by atoms with Gasteiger partial charge in [-0.05, 0) is 49.8 Å². The lowest BCUT2D eigenvalue weighted by molar-refractivity contribution is 0.101. The number of carbonyl (C=O) groups is 2. The van der Waals surface area contributed by atoms with E-state index in [1.54, 1.807) is 53.7 Å². The Hall–Kier alpha value is -3.15. The lowest BCUT2D eigenvalue weighted by Crippen LogP contribution is -2.33. The number of fused-ring (bicyclic) bond motifs is 1. The fourth-order valence-corrected chi connectivity index (χ4v) is 2.49. The van der Waals surface area contributed by atoms with Crippen LogP contribution in [0.5, 0.6) is 11.5 Å². The van der Waals surface area contributed by atoms with Gasteiger partial charge >= 0.3 is 6.09 Å². The third kappa shape index (κ3) is 3.52. The van der Waals surface area contributed by atoms with E-state index in [0.29, 0.717) is 30.2 Å². The van der Waals surface area contributed by atoms with Crippen LogP contribution in [0.3, 0.4) is 0 Å². The van der Waals surface area contributed by atoms with Crippen molar-refractivity contribution in [1.82, 2.24) is 9.88 Å². The average Bonchev–Trinajstić information content (AvgIpc) is 2.92. The number of aromatic nitrogens is 1. The molecule has 6 heteroatoms. The molecular formula is C19H18N2O4. The summed E-state index contributed by atoms with van der Waals surface area (Å²) in [7, 11) is 0. The summed E-state index contributed by atoms with van der Waals surface area (Å²) in [5.74, 6) is 0.755. The van der Waals surface area contributed by atoms with Crippen molar-refractivity contribution in [2.45, 2.75) is 13.8 Å². The maximum Gasteiger partial charge on any atom is 0.415 e. The maximum absolute atomic E-state index is 12.4. The van der Waals surface area contributed by atoms with E-state index in [-0.39, 0.29) is 11.5 Å². The van der Waals surface area contributed by atoms with E-state index in [1.165, 1.54) is 0 Å². The van der Waals surface area contributed by atoms with Gasteiger partial charge in [0.05, 0.1) is 5.56 Å². The summed E-state index contributed by atoms with van der Waals surface area (Å²) in [4.78, 5) is 29.9. The molecule has 25 heavy (non-hydrogen) atoms. The molecule has 0 bridgehead atoms. The number of pyridine rings is 1. The van der Waals surface area contributed by atoms with Gasteiger partial charge in [0, 0.05) is 31.5 Å². The zero-order valence-corrected chi connectivity index (χ0v) is 14.1. The number of nitrogens with zero attached hydrogens (tertiary/aromatic N) is 2. The first-order valence-electron chi connectivity index (χ1n) is 8.07. The van der Waals surface area contributed by atoms with E-state index < -0.39 is 6.09 Å². The molecule has 0 saturated heterocycles. The number of hydrogen-bond donors (Lipinski definition) is 0. The Balaban J connectivity index is 1.80.